The molecule has 2 heteroatoms. The second kappa shape index (κ2) is 5.19. The Bertz CT molecular complexity index is 121. The highest BCUT2D eigenvalue weighted by atomic mass is 16.7. The number of hydrogen-bond donors (Lipinski definition) is 0. The number of allylic oxidation sites excluding steroid dienone is 1. The second-order valence-corrected chi connectivity index (χ2v) is 2.74. The molecule has 0 bridgehead atoms. The van der Waals surface area contributed by atoms with E-state index < -0.39 is 0 Å². The Balaban J connectivity index is 2.26. The molecule has 2 nitrogen and oxygen atoms in total. The Morgan fingerprint density at radius 2 is 2.45 bits per heavy atom. The van der Waals surface area contributed by atoms with Crippen LogP contribution in [0.15, 0.2) is 12.3 Å². The van der Waals surface area contributed by atoms with Gasteiger partial charge in [0.15, 0.2) is 6.29 Å². The first-order valence-electron chi connectivity index (χ1n) is 4.35. The van der Waals surface area contributed by atoms with E-state index in [1.807, 2.05) is 0 Å². The zero-order valence-corrected chi connectivity index (χ0v) is 7.08. The highest BCUT2D eigenvalue weighted by Gasteiger charge is 2.07. The van der Waals surface area contributed by atoms with Crippen molar-refractivity contribution in [3.05, 3.63) is 12.3 Å². The minimum absolute atomic E-state index is 0.00319. The fraction of sp³-hybridized carbons (Fsp3) is 0.778. The third-order valence-electron chi connectivity index (χ3n) is 1.67. The second-order valence-electron chi connectivity index (χ2n) is 2.74. The molecule has 0 aromatic carbocycles. The third kappa shape index (κ3) is 3.42. The standard InChI is InChI=1S/C9H16O2/c1-2-6-9-10-7-4-3-5-8-11-9/h4,7,9H,2-3,5-6,8H2,1H3/b7-4-. The summed E-state index contributed by atoms with van der Waals surface area (Å²) >= 11 is 0. The summed E-state index contributed by atoms with van der Waals surface area (Å²) in [5, 5.41) is 0. The van der Waals surface area contributed by atoms with Crippen molar-refractivity contribution in [3.63, 3.8) is 0 Å². The minimum atomic E-state index is -0.00319. The summed E-state index contributed by atoms with van der Waals surface area (Å²) in [5.74, 6) is 0. The van der Waals surface area contributed by atoms with Crippen LogP contribution in [-0.4, -0.2) is 12.9 Å². The van der Waals surface area contributed by atoms with E-state index in [4.69, 9.17) is 9.47 Å². The molecular weight excluding hydrogens is 140 g/mol. The molecule has 0 aliphatic carbocycles. The largest absolute Gasteiger partial charge is 0.473 e. The van der Waals surface area contributed by atoms with Crippen LogP contribution in [0.25, 0.3) is 0 Å². The highest BCUT2D eigenvalue weighted by Crippen LogP contribution is 2.08. The van der Waals surface area contributed by atoms with Crippen molar-refractivity contribution < 1.29 is 9.47 Å². The molecule has 1 unspecified atom stereocenters. The average Bonchev–Trinajstić information content (AvgIpc) is 1.94. The summed E-state index contributed by atoms with van der Waals surface area (Å²) in [6.07, 6.45) is 8.10. The van der Waals surface area contributed by atoms with Crippen molar-refractivity contribution in [3.8, 4) is 0 Å². The molecule has 64 valence electrons. The summed E-state index contributed by atoms with van der Waals surface area (Å²) < 4.78 is 10.8. The Kier molecular flexibility index (Phi) is 4.06. The fourth-order valence-corrected chi connectivity index (χ4v) is 1.05. The molecule has 11 heavy (non-hydrogen) atoms. The van der Waals surface area contributed by atoms with E-state index in [-0.39, 0.29) is 6.29 Å². The van der Waals surface area contributed by atoms with Crippen molar-refractivity contribution in [1.82, 2.24) is 0 Å². The van der Waals surface area contributed by atoms with Gasteiger partial charge in [0, 0.05) is 6.42 Å². The van der Waals surface area contributed by atoms with Crippen LogP contribution in [0.2, 0.25) is 0 Å². The molecule has 0 saturated carbocycles. The van der Waals surface area contributed by atoms with Gasteiger partial charge in [0.1, 0.15) is 0 Å². The maximum atomic E-state index is 5.45. The summed E-state index contributed by atoms with van der Waals surface area (Å²) in [5.41, 5.74) is 0. The maximum absolute atomic E-state index is 5.45. The summed E-state index contributed by atoms with van der Waals surface area (Å²) in [7, 11) is 0. The van der Waals surface area contributed by atoms with Crippen molar-refractivity contribution in [2.75, 3.05) is 6.61 Å². The maximum Gasteiger partial charge on any atom is 0.198 e. The van der Waals surface area contributed by atoms with Gasteiger partial charge in [0.2, 0.25) is 0 Å². The molecule has 1 aliphatic rings. The van der Waals surface area contributed by atoms with E-state index in [9.17, 15) is 0 Å². The molecule has 0 radical (unpaired) electrons. The zero-order valence-electron chi connectivity index (χ0n) is 7.08. The number of ether oxygens (including phenoxy) is 2. The number of hydrogen-bond acceptors (Lipinski definition) is 2. The average molecular weight is 156 g/mol. The molecule has 1 aliphatic heterocycles. The van der Waals surface area contributed by atoms with E-state index in [1.165, 1.54) is 0 Å². The van der Waals surface area contributed by atoms with Gasteiger partial charge in [0.25, 0.3) is 0 Å². The van der Waals surface area contributed by atoms with Gasteiger partial charge >= 0.3 is 0 Å². The van der Waals surface area contributed by atoms with Gasteiger partial charge in [-0.3, -0.25) is 0 Å². The topological polar surface area (TPSA) is 18.5 Å². The van der Waals surface area contributed by atoms with Crippen LogP contribution in [0, 0.1) is 0 Å². The lowest BCUT2D eigenvalue weighted by atomic mass is 10.3. The molecular formula is C9H16O2. The van der Waals surface area contributed by atoms with E-state index in [0.29, 0.717) is 0 Å². The van der Waals surface area contributed by atoms with Crippen LogP contribution < -0.4 is 0 Å². The quantitative estimate of drug-likeness (QED) is 0.611. The Morgan fingerprint density at radius 1 is 1.55 bits per heavy atom. The first-order valence-corrected chi connectivity index (χ1v) is 4.35. The van der Waals surface area contributed by atoms with Gasteiger partial charge in [-0.25, -0.2) is 0 Å². The predicted octanol–water partition coefficient (Wildman–Crippen LogP) is 2.45. The van der Waals surface area contributed by atoms with Crippen LogP contribution in [0.4, 0.5) is 0 Å². The highest BCUT2D eigenvalue weighted by molar-refractivity contribution is 4.75. The minimum Gasteiger partial charge on any atom is -0.473 e. The summed E-state index contributed by atoms with van der Waals surface area (Å²) in [6, 6.07) is 0. The van der Waals surface area contributed by atoms with Crippen molar-refractivity contribution in [2.45, 2.75) is 38.9 Å². The van der Waals surface area contributed by atoms with Gasteiger partial charge < -0.3 is 9.47 Å². The Morgan fingerprint density at radius 3 is 3.27 bits per heavy atom. The first kappa shape index (κ1) is 8.60. The summed E-state index contributed by atoms with van der Waals surface area (Å²) in [6.45, 7) is 2.96. The van der Waals surface area contributed by atoms with Gasteiger partial charge in [-0.15, -0.1) is 0 Å². The smallest absolute Gasteiger partial charge is 0.198 e. The lowest BCUT2D eigenvalue weighted by molar-refractivity contribution is -0.113. The van der Waals surface area contributed by atoms with Crippen LogP contribution >= 0.6 is 0 Å². The van der Waals surface area contributed by atoms with E-state index >= 15 is 0 Å². The van der Waals surface area contributed by atoms with Crippen molar-refractivity contribution in [2.24, 2.45) is 0 Å². The van der Waals surface area contributed by atoms with Crippen LogP contribution in [0.5, 0.6) is 0 Å². The van der Waals surface area contributed by atoms with Crippen LogP contribution in [-0.2, 0) is 9.47 Å². The fourth-order valence-electron chi connectivity index (χ4n) is 1.05. The zero-order chi connectivity index (χ0) is 7.94. The normalized spacial score (nSPS) is 28.3. The first-order chi connectivity index (χ1) is 5.43. The predicted molar refractivity (Wildman–Crippen MR) is 44.1 cm³/mol. The SMILES string of the molecule is CCCC1O/C=C\CCCO1. The lowest BCUT2D eigenvalue weighted by Crippen LogP contribution is -2.16. The van der Waals surface area contributed by atoms with E-state index in [0.717, 1.165) is 32.3 Å². The molecule has 0 aromatic rings. The molecule has 0 fully saturated rings. The lowest BCUT2D eigenvalue weighted by Gasteiger charge is -2.17. The summed E-state index contributed by atoms with van der Waals surface area (Å²) in [4.78, 5) is 0. The van der Waals surface area contributed by atoms with Crippen molar-refractivity contribution >= 4 is 0 Å². The molecule has 0 spiro atoms. The third-order valence-corrected chi connectivity index (χ3v) is 1.67. The molecule has 1 rings (SSSR count). The van der Waals surface area contributed by atoms with Crippen LogP contribution in [0.3, 0.4) is 0 Å². The Hall–Kier alpha value is -0.500. The van der Waals surface area contributed by atoms with Gasteiger partial charge in [-0.1, -0.05) is 13.3 Å². The number of rotatable bonds is 2. The molecule has 0 amide bonds. The van der Waals surface area contributed by atoms with Gasteiger partial charge in [0.05, 0.1) is 12.9 Å². The molecule has 1 heterocycles. The molecule has 0 N–H and O–H groups in total. The molecule has 0 saturated heterocycles. The monoisotopic (exact) mass is 156 g/mol. The van der Waals surface area contributed by atoms with Crippen LogP contribution in [0.1, 0.15) is 32.6 Å². The van der Waals surface area contributed by atoms with Crippen molar-refractivity contribution in [1.29, 1.82) is 0 Å². The Labute approximate surface area is 68.2 Å². The van der Waals surface area contributed by atoms with Gasteiger partial charge in [-0.2, -0.15) is 0 Å². The van der Waals surface area contributed by atoms with E-state index in [2.05, 4.69) is 13.0 Å². The molecule has 1 atom stereocenters. The van der Waals surface area contributed by atoms with Gasteiger partial charge in [-0.05, 0) is 18.9 Å². The van der Waals surface area contributed by atoms with E-state index in [1.54, 1.807) is 6.26 Å². The molecule has 0 aromatic heterocycles.